The molecule has 0 aliphatic heterocycles. The number of aromatic nitrogens is 5. The fourth-order valence-corrected chi connectivity index (χ4v) is 3.44. The zero-order chi connectivity index (χ0) is 21.1. The van der Waals surface area contributed by atoms with Gasteiger partial charge in [0.1, 0.15) is 5.75 Å². The monoisotopic (exact) mass is 420 g/mol. The average Bonchev–Trinajstić information content (AvgIpc) is 3.35. The first-order valence-corrected chi connectivity index (χ1v) is 10.2. The number of ether oxygens (including phenoxy) is 1. The summed E-state index contributed by atoms with van der Waals surface area (Å²) in [5.41, 5.74) is 3.88. The maximum atomic E-state index is 12.4. The van der Waals surface area contributed by atoms with Crippen molar-refractivity contribution in [2.75, 3.05) is 11.9 Å². The van der Waals surface area contributed by atoms with Gasteiger partial charge in [0.25, 0.3) is 5.91 Å². The molecule has 1 amide bonds. The number of carbonyl (C=O) groups is 1. The third kappa shape index (κ3) is 4.06. The van der Waals surface area contributed by atoms with E-state index in [1.807, 2.05) is 57.2 Å². The second-order valence-electron chi connectivity index (χ2n) is 6.61. The molecule has 1 N–H and O–H groups in total. The van der Waals surface area contributed by atoms with Gasteiger partial charge >= 0.3 is 0 Å². The molecule has 2 aromatic heterocycles. The molecule has 4 rings (SSSR count). The number of carbonyl (C=O) groups excluding carboxylic acids is 1. The van der Waals surface area contributed by atoms with Crippen LogP contribution in [0.1, 0.15) is 28.5 Å². The van der Waals surface area contributed by atoms with Crippen LogP contribution >= 0.6 is 11.5 Å². The third-order valence-electron chi connectivity index (χ3n) is 4.46. The van der Waals surface area contributed by atoms with Crippen LogP contribution in [0.4, 0.5) is 5.13 Å². The van der Waals surface area contributed by atoms with Gasteiger partial charge in [-0.3, -0.25) is 10.1 Å². The molecule has 0 atom stereocenters. The van der Waals surface area contributed by atoms with E-state index in [4.69, 9.17) is 4.74 Å². The summed E-state index contributed by atoms with van der Waals surface area (Å²) in [6.45, 7) is 6.43. The highest BCUT2D eigenvalue weighted by Crippen LogP contribution is 2.24. The predicted octanol–water partition coefficient (Wildman–Crippen LogP) is 4.05. The van der Waals surface area contributed by atoms with Crippen molar-refractivity contribution in [3.8, 4) is 23.0 Å². The van der Waals surface area contributed by atoms with Gasteiger partial charge in [-0.2, -0.15) is 9.36 Å². The molecule has 2 heterocycles. The van der Waals surface area contributed by atoms with Crippen LogP contribution in [0.3, 0.4) is 0 Å². The first kappa shape index (κ1) is 19.7. The number of aryl methyl sites for hydroxylation is 1. The zero-order valence-corrected chi connectivity index (χ0v) is 17.6. The van der Waals surface area contributed by atoms with Crippen molar-refractivity contribution >= 4 is 22.6 Å². The summed E-state index contributed by atoms with van der Waals surface area (Å²) in [6, 6.07) is 14.9. The minimum Gasteiger partial charge on any atom is -0.494 e. The summed E-state index contributed by atoms with van der Waals surface area (Å²) >= 11 is 1.11. The first-order valence-electron chi connectivity index (χ1n) is 9.43. The Kier molecular flexibility index (Phi) is 5.53. The van der Waals surface area contributed by atoms with Crippen molar-refractivity contribution in [1.82, 2.24) is 24.4 Å². The summed E-state index contributed by atoms with van der Waals surface area (Å²) in [5, 5.41) is 11.6. The van der Waals surface area contributed by atoms with Crippen molar-refractivity contribution in [3.63, 3.8) is 0 Å². The Bertz CT molecular complexity index is 1170. The number of hydrogen-bond donors (Lipinski definition) is 1. The molecule has 9 heteroatoms. The molecule has 0 aliphatic rings. The molecular weight excluding hydrogens is 400 g/mol. The quantitative estimate of drug-likeness (QED) is 0.506. The normalized spacial score (nSPS) is 10.8. The van der Waals surface area contributed by atoms with Crippen LogP contribution in [0, 0.1) is 13.8 Å². The van der Waals surface area contributed by atoms with E-state index in [-0.39, 0.29) is 5.91 Å². The molecule has 0 unspecified atom stereocenters. The first-order chi connectivity index (χ1) is 14.5. The van der Waals surface area contributed by atoms with Crippen molar-refractivity contribution in [3.05, 3.63) is 65.4 Å². The summed E-state index contributed by atoms with van der Waals surface area (Å²) in [7, 11) is 0. The summed E-state index contributed by atoms with van der Waals surface area (Å²) in [5.74, 6) is 0.996. The van der Waals surface area contributed by atoms with E-state index in [1.54, 1.807) is 16.8 Å². The lowest BCUT2D eigenvalue weighted by molar-refractivity contribution is 0.102. The van der Waals surface area contributed by atoms with Crippen LogP contribution in [0.5, 0.6) is 5.75 Å². The van der Waals surface area contributed by atoms with Crippen LogP contribution in [-0.4, -0.2) is 36.9 Å². The van der Waals surface area contributed by atoms with Crippen LogP contribution in [0.2, 0.25) is 0 Å². The lowest BCUT2D eigenvalue weighted by Crippen LogP contribution is -2.11. The van der Waals surface area contributed by atoms with Crippen molar-refractivity contribution < 1.29 is 9.53 Å². The number of nitrogens with zero attached hydrogens (tertiary/aromatic N) is 5. The molecule has 0 bridgehead atoms. The van der Waals surface area contributed by atoms with Crippen molar-refractivity contribution in [2.24, 2.45) is 0 Å². The molecule has 0 fully saturated rings. The van der Waals surface area contributed by atoms with E-state index in [2.05, 4.69) is 25.0 Å². The van der Waals surface area contributed by atoms with Gasteiger partial charge in [0.05, 0.1) is 18.0 Å². The standard InChI is InChI=1S/C21H20N6O2S/c1-4-29-17-11-9-16(10-12-17)27-14(3)18(24-26-27)19-22-21(30-25-19)23-20(28)15-7-5-13(2)6-8-15/h5-12H,4H2,1-3H3,(H,22,23,25,28). The van der Waals surface area contributed by atoms with E-state index in [1.165, 1.54) is 0 Å². The van der Waals surface area contributed by atoms with Crippen LogP contribution in [0.25, 0.3) is 17.2 Å². The van der Waals surface area contributed by atoms with Gasteiger partial charge in [-0.25, -0.2) is 4.68 Å². The van der Waals surface area contributed by atoms with E-state index >= 15 is 0 Å². The molecule has 0 radical (unpaired) electrons. The Morgan fingerprint density at radius 1 is 1.10 bits per heavy atom. The SMILES string of the molecule is CCOc1ccc(-n2nnc(-c3nsc(NC(=O)c4ccc(C)cc4)n3)c2C)cc1. The Hall–Kier alpha value is -3.59. The molecule has 2 aromatic carbocycles. The number of hydrogen-bond acceptors (Lipinski definition) is 7. The van der Waals surface area contributed by atoms with E-state index < -0.39 is 0 Å². The lowest BCUT2D eigenvalue weighted by atomic mass is 10.1. The van der Waals surface area contributed by atoms with Crippen LogP contribution in [0.15, 0.2) is 48.5 Å². The zero-order valence-electron chi connectivity index (χ0n) is 16.8. The van der Waals surface area contributed by atoms with Crippen LogP contribution in [-0.2, 0) is 0 Å². The minimum atomic E-state index is -0.229. The number of amides is 1. The second kappa shape index (κ2) is 8.42. The Labute approximate surface area is 177 Å². The van der Waals surface area contributed by atoms with Gasteiger partial charge < -0.3 is 4.74 Å². The molecule has 0 aliphatic carbocycles. The summed E-state index contributed by atoms with van der Waals surface area (Å²) in [4.78, 5) is 16.8. The summed E-state index contributed by atoms with van der Waals surface area (Å²) in [6.07, 6.45) is 0. The van der Waals surface area contributed by atoms with Gasteiger partial charge in [0, 0.05) is 17.1 Å². The second-order valence-corrected chi connectivity index (χ2v) is 7.36. The predicted molar refractivity (Wildman–Crippen MR) is 115 cm³/mol. The highest BCUT2D eigenvalue weighted by Gasteiger charge is 2.18. The van der Waals surface area contributed by atoms with Crippen LogP contribution < -0.4 is 10.1 Å². The maximum Gasteiger partial charge on any atom is 0.257 e. The van der Waals surface area contributed by atoms with Gasteiger partial charge in [-0.15, -0.1) is 5.10 Å². The molecule has 30 heavy (non-hydrogen) atoms. The lowest BCUT2D eigenvalue weighted by Gasteiger charge is -2.06. The number of nitrogens with one attached hydrogen (secondary N) is 1. The third-order valence-corrected chi connectivity index (χ3v) is 5.09. The smallest absolute Gasteiger partial charge is 0.257 e. The van der Waals surface area contributed by atoms with Crippen molar-refractivity contribution in [2.45, 2.75) is 20.8 Å². The highest BCUT2D eigenvalue weighted by atomic mass is 32.1. The molecule has 4 aromatic rings. The Morgan fingerprint density at radius 2 is 1.83 bits per heavy atom. The molecular formula is C21H20N6O2S. The highest BCUT2D eigenvalue weighted by molar-refractivity contribution is 7.10. The molecule has 0 spiro atoms. The fourth-order valence-electron chi connectivity index (χ4n) is 2.88. The maximum absolute atomic E-state index is 12.4. The molecule has 0 saturated carbocycles. The molecule has 0 saturated heterocycles. The minimum absolute atomic E-state index is 0.229. The Balaban J connectivity index is 1.52. The van der Waals surface area contributed by atoms with E-state index in [0.29, 0.717) is 28.8 Å². The van der Waals surface area contributed by atoms with Gasteiger partial charge in [-0.1, -0.05) is 22.9 Å². The van der Waals surface area contributed by atoms with E-state index in [9.17, 15) is 4.79 Å². The average molecular weight is 420 g/mol. The largest absolute Gasteiger partial charge is 0.494 e. The molecule has 152 valence electrons. The number of rotatable bonds is 6. The van der Waals surface area contributed by atoms with Gasteiger partial charge in [0.15, 0.2) is 11.5 Å². The van der Waals surface area contributed by atoms with Crippen molar-refractivity contribution in [1.29, 1.82) is 0 Å². The topological polar surface area (TPSA) is 94.8 Å². The fraction of sp³-hybridized carbons (Fsp3) is 0.190. The Morgan fingerprint density at radius 3 is 2.53 bits per heavy atom. The van der Waals surface area contributed by atoms with Gasteiger partial charge in [-0.05, 0) is 57.2 Å². The molecule has 8 nitrogen and oxygen atoms in total. The van der Waals surface area contributed by atoms with Gasteiger partial charge in [0.2, 0.25) is 5.13 Å². The number of anilines is 1. The summed E-state index contributed by atoms with van der Waals surface area (Å²) < 4.78 is 11.5. The number of benzene rings is 2. The van der Waals surface area contributed by atoms with E-state index in [0.717, 1.165) is 34.2 Å².